The number of nitrogen functional groups attached to an aromatic ring is 1. The molecular formula is C10H11BrN4S. The third-order valence-electron chi connectivity index (χ3n) is 2.45. The maximum absolute atomic E-state index is 5.76. The Labute approximate surface area is 107 Å². The average molecular weight is 299 g/mol. The number of anilines is 1. The van der Waals surface area contributed by atoms with Crippen molar-refractivity contribution in [3.8, 4) is 0 Å². The topological polar surface area (TPSA) is 59.6 Å². The molecule has 1 atom stereocenters. The van der Waals surface area contributed by atoms with Crippen LogP contribution in [0.2, 0.25) is 0 Å². The van der Waals surface area contributed by atoms with Crippen molar-refractivity contribution >= 4 is 34.1 Å². The fraction of sp³-hybridized carbons (Fsp3) is 0.200. The molecule has 0 bridgehead atoms. The molecule has 2 aromatic rings. The first-order valence-corrected chi connectivity index (χ1v) is 5.97. The molecule has 0 aliphatic carbocycles. The molecule has 1 aromatic carbocycles. The minimum Gasteiger partial charge on any atom is -0.368 e. The van der Waals surface area contributed by atoms with Gasteiger partial charge in [0.2, 0.25) is 5.95 Å². The van der Waals surface area contributed by atoms with Crippen molar-refractivity contribution < 1.29 is 0 Å². The molecule has 0 spiro atoms. The molecule has 0 amide bonds. The molecule has 2 rings (SSSR count). The van der Waals surface area contributed by atoms with Gasteiger partial charge in [0.25, 0.3) is 0 Å². The number of benzene rings is 1. The summed E-state index contributed by atoms with van der Waals surface area (Å²) in [5, 5.41) is 6.58. The summed E-state index contributed by atoms with van der Waals surface area (Å²) >= 11 is 8.58. The summed E-state index contributed by atoms with van der Waals surface area (Å²) in [5.74, 6) is 0.400. The molecule has 1 heterocycles. The van der Waals surface area contributed by atoms with Gasteiger partial charge in [-0.25, -0.2) is 5.10 Å². The number of hydrogen-bond donors (Lipinski definition) is 2. The van der Waals surface area contributed by atoms with Crippen molar-refractivity contribution in [3.05, 3.63) is 39.1 Å². The van der Waals surface area contributed by atoms with Gasteiger partial charge in [-0.05, 0) is 36.8 Å². The molecule has 0 radical (unpaired) electrons. The lowest BCUT2D eigenvalue weighted by Crippen LogP contribution is -2.10. The first kappa shape index (κ1) is 11.3. The molecule has 1 aromatic heterocycles. The average Bonchev–Trinajstić information content (AvgIpc) is 2.58. The van der Waals surface area contributed by atoms with E-state index in [1.165, 1.54) is 0 Å². The van der Waals surface area contributed by atoms with Crippen LogP contribution in [0.25, 0.3) is 0 Å². The zero-order valence-electron chi connectivity index (χ0n) is 8.64. The van der Waals surface area contributed by atoms with Crippen LogP contribution in [0.15, 0.2) is 28.7 Å². The van der Waals surface area contributed by atoms with Gasteiger partial charge in [0.05, 0.1) is 6.04 Å². The van der Waals surface area contributed by atoms with Crippen LogP contribution < -0.4 is 5.73 Å². The van der Waals surface area contributed by atoms with E-state index in [1.54, 1.807) is 4.57 Å². The Balaban J connectivity index is 2.47. The molecule has 6 heteroatoms. The van der Waals surface area contributed by atoms with Gasteiger partial charge in [-0.2, -0.15) is 0 Å². The van der Waals surface area contributed by atoms with E-state index in [0.29, 0.717) is 10.7 Å². The highest BCUT2D eigenvalue weighted by molar-refractivity contribution is 9.10. The Hall–Kier alpha value is -1.14. The Bertz CT molecular complexity index is 560. The van der Waals surface area contributed by atoms with E-state index in [9.17, 15) is 0 Å². The number of nitrogens with zero attached hydrogens (tertiary/aromatic N) is 2. The van der Waals surface area contributed by atoms with Gasteiger partial charge in [0, 0.05) is 4.47 Å². The quantitative estimate of drug-likeness (QED) is 0.838. The molecule has 0 aliphatic rings. The van der Waals surface area contributed by atoms with Crippen LogP contribution in [0, 0.1) is 4.77 Å². The maximum atomic E-state index is 5.76. The van der Waals surface area contributed by atoms with E-state index < -0.39 is 0 Å². The van der Waals surface area contributed by atoms with E-state index in [4.69, 9.17) is 18.0 Å². The Morgan fingerprint density at radius 3 is 2.88 bits per heavy atom. The van der Waals surface area contributed by atoms with Crippen molar-refractivity contribution in [2.45, 2.75) is 13.0 Å². The van der Waals surface area contributed by atoms with Crippen LogP contribution in [-0.2, 0) is 0 Å². The summed E-state index contributed by atoms with van der Waals surface area (Å²) < 4.78 is 3.35. The summed E-state index contributed by atoms with van der Waals surface area (Å²) in [6.45, 7) is 2.03. The van der Waals surface area contributed by atoms with Crippen molar-refractivity contribution in [3.63, 3.8) is 0 Å². The van der Waals surface area contributed by atoms with Crippen LogP contribution in [0.3, 0.4) is 0 Å². The monoisotopic (exact) mass is 298 g/mol. The summed E-state index contributed by atoms with van der Waals surface area (Å²) in [4.78, 5) is 0. The van der Waals surface area contributed by atoms with Crippen molar-refractivity contribution in [2.75, 3.05) is 5.73 Å². The predicted octanol–water partition coefficient (Wildman–Crippen LogP) is 2.89. The smallest absolute Gasteiger partial charge is 0.221 e. The number of hydrogen-bond acceptors (Lipinski definition) is 3. The lowest BCUT2D eigenvalue weighted by Gasteiger charge is -2.14. The highest BCUT2D eigenvalue weighted by atomic mass is 79.9. The second-order valence-corrected chi connectivity index (χ2v) is 4.79. The minimum absolute atomic E-state index is 0.0590. The number of nitrogens with one attached hydrogen (secondary N) is 1. The highest BCUT2D eigenvalue weighted by Crippen LogP contribution is 2.23. The Kier molecular flexibility index (Phi) is 3.11. The standard InChI is InChI=1S/C10H11BrN4S/c1-6(7-3-2-4-8(11)5-7)15-9(12)13-14-10(15)16/h2-6H,1H3,(H2,12,13)(H,14,16). The molecule has 0 saturated carbocycles. The molecular weight excluding hydrogens is 288 g/mol. The van der Waals surface area contributed by atoms with E-state index in [-0.39, 0.29) is 6.04 Å². The fourth-order valence-electron chi connectivity index (χ4n) is 1.61. The van der Waals surface area contributed by atoms with Gasteiger partial charge in [0.1, 0.15) is 0 Å². The second kappa shape index (κ2) is 4.39. The molecule has 0 aliphatic heterocycles. The normalized spacial score (nSPS) is 12.6. The fourth-order valence-corrected chi connectivity index (χ4v) is 2.32. The molecule has 4 nitrogen and oxygen atoms in total. The number of aromatic amines is 1. The van der Waals surface area contributed by atoms with Gasteiger partial charge in [-0.3, -0.25) is 4.57 Å². The second-order valence-electron chi connectivity index (χ2n) is 3.49. The lowest BCUT2D eigenvalue weighted by molar-refractivity contribution is 0.637. The number of halogens is 1. The van der Waals surface area contributed by atoms with Crippen LogP contribution in [0.1, 0.15) is 18.5 Å². The number of aromatic nitrogens is 3. The molecule has 84 valence electrons. The summed E-state index contributed by atoms with van der Waals surface area (Å²) in [7, 11) is 0. The first-order valence-electron chi connectivity index (χ1n) is 4.77. The van der Waals surface area contributed by atoms with Crippen molar-refractivity contribution in [1.29, 1.82) is 0 Å². The Morgan fingerprint density at radius 2 is 2.31 bits per heavy atom. The zero-order chi connectivity index (χ0) is 11.7. The third-order valence-corrected chi connectivity index (χ3v) is 3.23. The van der Waals surface area contributed by atoms with Gasteiger partial charge < -0.3 is 5.73 Å². The Morgan fingerprint density at radius 1 is 1.56 bits per heavy atom. The lowest BCUT2D eigenvalue weighted by atomic mass is 10.1. The van der Waals surface area contributed by atoms with Gasteiger partial charge in [-0.1, -0.05) is 28.1 Å². The van der Waals surface area contributed by atoms with Crippen LogP contribution >= 0.6 is 28.1 Å². The first-order chi connectivity index (χ1) is 7.59. The van der Waals surface area contributed by atoms with Crippen molar-refractivity contribution in [2.24, 2.45) is 0 Å². The summed E-state index contributed by atoms with van der Waals surface area (Å²) in [6.07, 6.45) is 0. The summed E-state index contributed by atoms with van der Waals surface area (Å²) in [5.41, 5.74) is 6.88. The van der Waals surface area contributed by atoms with E-state index in [0.717, 1.165) is 10.0 Å². The van der Waals surface area contributed by atoms with Crippen molar-refractivity contribution in [1.82, 2.24) is 14.8 Å². The number of H-pyrrole nitrogens is 1. The van der Waals surface area contributed by atoms with Crippen LogP contribution in [0.5, 0.6) is 0 Å². The predicted molar refractivity (Wildman–Crippen MR) is 69.8 cm³/mol. The van der Waals surface area contributed by atoms with Crippen LogP contribution in [0.4, 0.5) is 5.95 Å². The summed E-state index contributed by atoms with van der Waals surface area (Å²) in [6, 6.07) is 8.09. The SMILES string of the molecule is CC(c1cccc(Br)c1)n1c(N)n[nH]c1=S. The van der Waals surface area contributed by atoms with E-state index in [1.807, 2.05) is 31.2 Å². The van der Waals surface area contributed by atoms with E-state index >= 15 is 0 Å². The van der Waals surface area contributed by atoms with Crippen LogP contribution in [-0.4, -0.2) is 14.8 Å². The molecule has 0 saturated heterocycles. The van der Waals surface area contributed by atoms with Gasteiger partial charge in [0.15, 0.2) is 4.77 Å². The van der Waals surface area contributed by atoms with E-state index in [2.05, 4.69) is 26.1 Å². The minimum atomic E-state index is 0.0590. The number of rotatable bonds is 2. The molecule has 0 fully saturated rings. The molecule has 16 heavy (non-hydrogen) atoms. The zero-order valence-corrected chi connectivity index (χ0v) is 11.0. The number of nitrogens with two attached hydrogens (primary N) is 1. The van der Waals surface area contributed by atoms with Gasteiger partial charge >= 0.3 is 0 Å². The highest BCUT2D eigenvalue weighted by Gasteiger charge is 2.12. The third kappa shape index (κ3) is 2.03. The largest absolute Gasteiger partial charge is 0.368 e. The molecule has 1 unspecified atom stereocenters. The maximum Gasteiger partial charge on any atom is 0.221 e. The molecule has 3 N–H and O–H groups in total. The van der Waals surface area contributed by atoms with Gasteiger partial charge in [-0.15, -0.1) is 5.10 Å².